The number of nitrogens with zero attached hydrogens (tertiary/aromatic N) is 1. The van der Waals surface area contributed by atoms with Gasteiger partial charge in [0.1, 0.15) is 11.9 Å². The Kier molecular flexibility index (Phi) is 4.81. The fourth-order valence-corrected chi connectivity index (χ4v) is 3.12. The molecule has 1 saturated heterocycles. The van der Waals surface area contributed by atoms with Crippen LogP contribution in [0.25, 0.3) is 0 Å². The lowest BCUT2D eigenvalue weighted by molar-refractivity contribution is -0.137. The number of alkyl halides is 3. The Morgan fingerprint density at radius 1 is 1.29 bits per heavy atom. The lowest BCUT2D eigenvalue weighted by atomic mass is 9.94. The largest absolute Gasteiger partial charge is 0.488 e. The maximum absolute atomic E-state index is 12.7. The normalized spacial score (nSPS) is 24.5. The number of piperidine rings is 1. The van der Waals surface area contributed by atoms with E-state index in [2.05, 4.69) is 11.8 Å². The van der Waals surface area contributed by atoms with Crippen LogP contribution in [0.3, 0.4) is 0 Å². The van der Waals surface area contributed by atoms with E-state index in [1.54, 1.807) is 6.07 Å². The third kappa shape index (κ3) is 3.03. The molecular weight excluding hydrogens is 279 g/mol. The van der Waals surface area contributed by atoms with E-state index in [9.17, 15) is 13.2 Å². The molecule has 21 heavy (non-hydrogen) atoms. The summed E-state index contributed by atoms with van der Waals surface area (Å²) in [6, 6.07) is 4.00. The molecule has 1 aromatic carbocycles. The molecule has 0 amide bonds. The zero-order chi connectivity index (χ0) is 15.6. The molecule has 118 valence electrons. The highest BCUT2D eigenvalue weighted by atomic mass is 19.4. The summed E-state index contributed by atoms with van der Waals surface area (Å²) < 4.78 is 43.8. The van der Waals surface area contributed by atoms with Gasteiger partial charge in [-0.2, -0.15) is 13.2 Å². The molecule has 2 aliphatic heterocycles. The van der Waals surface area contributed by atoms with Crippen LogP contribution in [0.5, 0.6) is 5.75 Å². The van der Waals surface area contributed by atoms with Crippen molar-refractivity contribution < 1.29 is 17.9 Å². The summed E-state index contributed by atoms with van der Waals surface area (Å²) in [4.78, 5) is 2.28. The fraction of sp³-hybridized carbons (Fsp3) is 0.625. The molecule has 0 radical (unpaired) electrons. The second-order valence-electron chi connectivity index (χ2n) is 5.12. The molecule has 0 aliphatic carbocycles. The lowest BCUT2D eigenvalue weighted by Gasteiger charge is -2.35. The number of benzene rings is 1. The van der Waals surface area contributed by atoms with Crippen LogP contribution in [0, 0.1) is 0 Å². The Hall–Kier alpha value is -1.23. The number of likely N-dealkylation sites (N-methyl/N-ethyl adjacent to an activating group) is 1. The lowest BCUT2D eigenvalue weighted by Crippen LogP contribution is -2.40. The number of rotatable bonds is 1. The average Bonchev–Trinajstić information content (AvgIpc) is 2.86. The molecule has 5 heteroatoms. The van der Waals surface area contributed by atoms with Crippen molar-refractivity contribution in [3.63, 3.8) is 0 Å². The number of halogens is 3. The predicted molar refractivity (Wildman–Crippen MR) is 76.4 cm³/mol. The predicted octanol–water partition coefficient (Wildman–Crippen LogP) is 4.65. The first-order chi connectivity index (χ1) is 10.0. The van der Waals surface area contributed by atoms with E-state index in [0.717, 1.165) is 43.6 Å². The number of ether oxygens (including phenoxy) is 1. The monoisotopic (exact) mass is 301 g/mol. The summed E-state index contributed by atoms with van der Waals surface area (Å²) in [5.41, 5.74) is 0.271. The van der Waals surface area contributed by atoms with E-state index < -0.39 is 11.7 Å². The summed E-state index contributed by atoms with van der Waals surface area (Å²) in [6.07, 6.45) is -2.35. The van der Waals surface area contributed by atoms with Crippen molar-refractivity contribution in [3.05, 3.63) is 29.3 Å². The van der Waals surface area contributed by atoms with Crippen molar-refractivity contribution in [1.29, 1.82) is 0 Å². The molecule has 0 N–H and O–H groups in total. The van der Waals surface area contributed by atoms with Gasteiger partial charge in [-0.15, -0.1) is 0 Å². The fourth-order valence-electron chi connectivity index (χ4n) is 3.12. The van der Waals surface area contributed by atoms with Crippen LogP contribution >= 0.6 is 0 Å². The third-order valence-electron chi connectivity index (χ3n) is 4.02. The molecule has 0 aromatic heterocycles. The molecule has 0 spiro atoms. The van der Waals surface area contributed by atoms with Gasteiger partial charge in [-0.3, -0.25) is 4.90 Å². The Morgan fingerprint density at radius 3 is 2.62 bits per heavy atom. The highest BCUT2D eigenvalue weighted by Gasteiger charge is 2.41. The minimum atomic E-state index is -4.31. The van der Waals surface area contributed by atoms with E-state index >= 15 is 0 Å². The number of hydrogen-bond acceptors (Lipinski definition) is 2. The van der Waals surface area contributed by atoms with Crippen LogP contribution in [0.15, 0.2) is 18.2 Å². The van der Waals surface area contributed by atoms with Gasteiger partial charge >= 0.3 is 6.18 Å². The summed E-state index contributed by atoms with van der Waals surface area (Å²) in [5, 5.41) is 0. The third-order valence-corrected chi connectivity index (χ3v) is 4.02. The van der Waals surface area contributed by atoms with Gasteiger partial charge in [0, 0.05) is 5.56 Å². The molecule has 3 rings (SSSR count). The Bertz CT molecular complexity index is 487. The molecule has 2 aliphatic rings. The summed E-state index contributed by atoms with van der Waals surface area (Å²) in [6.45, 7) is 7.96. The molecule has 2 heterocycles. The van der Waals surface area contributed by atoms with Gasteiger partial charge in [0.2, 0.25) is 0 Å². The minimum Gasteiger partial charge on any atom is -0.488 e. The highest BCUT2D eigenvalue weighted by molar-refractivity contribution is 5.44. The molecule has 2 nitrogen and oxygen atoms in total. The van der Waals surface area contributed by atoms with Crippen molar-refractivity contribution in [1.82, 2.24) is 4.90 Å². The first-order valence-electron chi connectivity index (χ1n) is 7.62. The molecule has 0 saturated carbocycles. The van der Waals surface area contributed by atoms with E-state index in [4.69, 9.17) is 4.74 Å². The van der Waals surface area contributed by atoms with Gasteiger partial charge in [0.25, 0.3) is 0 Å². The maximum atomic E-state index is 12.7. The van der Waals surface area contributed by atoms with Crippen LogP contribution in [-0.4, -0.2) is 24.1 Å². The molecular formula is C16H22F3NO. The topological polar surface area (TPSA) is 12.5 Å². The van der Waals surface area contributed by atoms with Crippen molar-refractivity contribution in [3.8, 4) is 5.75 Å². The Morgan fingerprint density at radius 2 is 2.00 bits per heavy atom. The summed E-state index contributed by atoms with van der Waals surface area (Å²) in [5.74, 6) is 0.408. The van der Waals surface area contributed by atoms with Gasteiger partial charge in [-0.05, 0) is 38.1 Å². The van der Waals surface area contributed by atoms with Gasteiger partial charge < -0.3 is 4.74 Å². The molecule has 1 aromatic rings. The van der Waals surface area contributed by atoms with E-state index in [-0.39, 0.29) is 12.1 Å². The van der Waals surface area contributed by atoms with Gasteiger partial charge in [0.05, 0.1) is 11.6 Å². The maximum Gasteiger partial charge on any atom is 0.416 e. The number of likely N-dealkylation sites (tertiary alicyclic amines) is 1. The van der Waals surface area contributed by atoms with Crippen molar-refractivity contribution in [2.24, 2.45) is 0 Å². The number of fused-ring (bicyclic) bond motifs is 3. The highest BCUT2D eigenvalue weighted by Crippen LogP contribution is 2.46. The van der Waals surface area contributed by atoms with Crippen LogP contribution in [0.4, 0.5) is 13.2 Å². The quantitative estimate of drug-likeness (QED) is 0.748. The van der Waals surface area contributed by atoms with Crippen molar-refractivity contribution in [2.75, 3.05) is 13.1 Å². The van der Waals surface area contributed by atoms with Crippen LogP contribution in [-0.2, 0) is 6.18 Å². The summed E-state index contributed by atoms with van der Waals surface area (Å²) >= 11 is 0. The average molecular weight is 301 g/mol. The van der Waals surface area contributed by atoms with Crippen LogP contribution in [0.2, 0.25) is 0 Å². The second-order valence-corrected chi connectivity index (χ2v) is 5.12. The molecule has 2 atom stereocenters. The number of hydrogen-bond donors (Lipinski definition) is 0. The van der Waals surface area contributed by atoms with Gasteiger partial charge in [-0.25, -0.2) is 0 Å². The SMILES string of the molecule is CC.CCN1CCCC2Oc3cc(C(F)(F)F)ccc3C21. The molecule has 0 bridgehead atoms. The smallest absolute Gasteiger partial charge is 0.416 e. The van der Waals surface area contributed by atoms with Crippen molar-refractivity contribution >= 4 is 0 Å². The summed E-state index contributed by atoms with van der Waals surface area (Å²) in [7, 11) is 0. The molecule has 1 fully saturated rings. The first kappa shape index (κ1) is 16.1. The van der Waals surface area contributed by atoms with Crippen molar-refractivity contribution in [2.45, 2.75) is 51.9 Å². The van der Waals surface area contributed by atoms with E-state index in [0.29, 0.717) is 5.75 Å². The zero-order valence-electron chi connectivity index (χ0n) is 12.7. The Labute approximate surface area is 123 Å². The first-order valence-corrected chi connectivity index (χ1v) is 7.62. The van der Waals surface area contributed by atoms with Gasteiger partial charge in [0.15, 0.2) is 0 Å². The second kappa shape index (κ2) is 6.26. The minimum absolute atomic E-state index is 0.00665. The van der Waals surface area contributed by atoms with Crippen LogP contribution < -0.4 is 4.74 Å². The standard InChI is InChI=1S/C14H16F3NO.C2H6/c1-2-18-7-3-4-11-13(18)10-6-5-9(14(15,16)17)8-12(10)19-11;1-2/h5-6,8,11,13H,2-4,7H2,1H3;1-2H3. The van der Waals surface area contributed by atoms with Gasteiger partial charge in [-0.1, -0.05) is 26.8 Å². The van der Waals surface area contributed by atoms with E-state index in [1.807, 2.05) is 13.8 Å². The Balaban J connectivity index is 0.000000774. The van der Waals surface area contributed by atoms with E-state index in [1.165, 1.54) is 0 Å². The van der Waals surface area contributed by atoms with Crippen LogP contribution in [0.1, 0.15) is 50.8 Å². The zero-order valence-corrected chi connectivity index (χ0v) is 12.7. The molecule has 2 unspecified atom stereocenters.